The minimum atomic E-state index is 0.314. The third-order valence-corrected chi connectivity index (χ3v) is 3.45. The van der Waals surface area contributed by atoms with E-state index in [1.165, 1.54) is 6.42 Å². The molecule has 80 valence electrons. The number of hydrogen-bond acceptors (Lipinski definition) is 2. The van der Waals surface area contributed by atoms with Crippen molar-refractivity contribution >= 4 is 17.5 Å². The third-order valence-electron chi connectivity index (χ3n) is 2.81. The van der Waals surface area contributed by atoms with E-state index in [4.69, 9.17) is 0 Å². The summed E-state index contributed by atoms with van der Waals surface area (Å²) in [7, 11) is 0. The van der Waals surface area contributed by atoms with Gasteiger partial charge in [-0.3, -0.25) is 4.79 Å². The predicted molar refractivity (Wildman–Crippen MR) is 63.7 cm³/mol. The lowest BCUT2D eigenvalue weighted by Crippen LogP contribution is -2.11. The molecule has 0 fully saturated rings. The Bertz CT molecular complexity index is 220. The lowest BCUT2D eigenvalue weighted by atomic mass is 9.99. The van der Waals surface area contributed by atoms with Crippen LogP contribution in [-0.2, 0) is 4.79 Å². The molecule has 0 bridgehead atoms. The van der Waals surface area contributed by atoms with E-state index >= 15 is 0 Å². The van der Waals surface area contributed by atoms with E-state index in [1.54, 1.807) is 0 Å². The summed E-state index contributed by atoms with van der Waals surface area (Å²) in [4.78, 5) is 11.8. The van der Waals surface area contributed by atoms with Crippen LogP contribution in [0.25, 0.3) is 0 Å². The molecule has 0 N–H and O–H groups in total. The van der Waals surface area contributed by atoms with Gasteiger partial charge in [0.05, 0.1) is 0 Å². The normalized spacial score (nSPS) is 21.4. The molecule has 0 aromatic carbocycles. The Balaban J connectivity index is 2.33. The molecular formula is C12H20OS. The van der Waals surface area contributed by atoms with Crippen LogP contribution < -0.4 is 0 Å². The van der Waals surface area contributed by atoms with E-state index in [9.17, 15) is 4.79 Å². The molecule has 1 aliphatic rings. The van der Waals surface area contributed by atoms with Crippen LogP contribution in [0.15, 0.2) is 11.6 Å². The van der Waals surface area contributed by atoms with Gasteiger partial charge in [0.1, 0.15) is 0 Å². The lowest BCUT2D eigenvalue weighted by Gasteiger charge is -2.07. The first kappa shape index (κ1) is 11.8. The number of rotatable bonds is 6. The zero-order valence-corrected chi connectivity index (χ0v) is 10.0. The molecule has 0 radical (unpaired) electrons. The third kappa shape index (κ3) is 3.16. The van der Waals surface area contributed by atoms with Crippen molar-refractivity contribution in [2.24, 2.45) is 5.92 Å². The Hall–Kier alpha value is -0.240. The van der Waals surface area contributed by atoms with Crippen LogP contribution in [0.5, 0.6) is 0 Å². The van der Waals surface area contributed by atoms with Gasteiger partial charge in [-0.15, -0.1) is 0 Å². The van der Waals surface area contributed by atoms with Crippen molar-refractivity contribution in [3.05, 3.63) is 11.6 Å². The zero-order valence-electron chi connectivity index (χ0n) is 9.21. The maximum Gasteiger partial charge on any atom is 0.161 e. The molecular weight excluding hydrogens is 192 g/mol. The fraction of sp³-hybridized carbons (Fsp3) is 0.750. The molecule has 0 aromatic heterocycles. The molecule has 1 aliphatic carbocycles. The Morgan fingerprint density at radius 1 is 1.57 bits per heavy atom. The molecule has 0 spiro atoms. The molecule has 0 saturated carbocycles. The quantitative estimate of drug-likeness (QED) is 0.671. The van der Waals surface area contributed by atoms with Crippen LogP contribution >= 0.6 is 11.8 Å². The first-order valence-electron chi connectivity index (χ1n) is 5.51. The molecule has 0 saturated heterocycles. The molecule has 1 nitrogen and oxygen atoms in total. The van der Waals surface area contributed by atoms with Crippen LogP contribution in [-0.4, -0.2) is 17.8 Å². The van der Waals surface area contributed by atoms with Crippen LogP contribution in [0.2, 0.25) is 0 Å². The van der Waals surface area contributed by atoms with Crippen molar-refractivity contribution < 1.29 is 4.79 Å². The largest absolute Gasteiger partial charge is 0.294 e. The lowest BCUT2D eigenvalue weighted by molar-refractivity contribution is -0.118. The van der Waals surface area contributed by atoms with Gasteiger partial charge in [-0.2, -0.15) is 11.8 Å². The summed E-state index contributed by atoms with van der Waals surface area (Å²) in [6.45, 7) is 2.17. The molecule has 1 rings (SSSR count). The minimum absolute atomic E-state index is 0.314. The maximum absolute atomic E-state index is 11.8. The number of Topliss-reactive ketones (excluding diaryl/α,β-unsaturated/α-hetero) is 1. The van der Waals surface area contributed by atoms with E-state index in [-0.39, 0.29) is 0 Å². The molecule has 1 atom stereocenters. The zero-order chi connectivity index (χ0) is 10.4. The first-order valence-corrected chi connectivity index (χ1v) is 6.91. The minimum Gasteiger partial charge on any atom is -0.294 e. The molecule has 2 heteroatoms. The highest BCUT2D eigenvalue weighted by Gasteiger charge is 2.25. The topological polar surface area (TPSA) is 17.1 Å². The van der Waals surface area contributed by atoms with Gasteiger partial charge in [0, 0.05) is 5.92 Å². The Labute approximate surface area is 91.3 Å². The van der Waals surface area contributed by atoms with E-state index in [0.29, 0.717) is 11.7 Å². The van der Waals surface area contributed by atoms with Crippen LogP contribution in [0.1, 0.15) is 39.0 Å². The maximum atomic E-state index is 11.8. The molecule has 14 heavy (non-hydrogen) atoms. The van der Waals surface area contributed by atoms with Gasteiger partial charge >= 0.3 is 0 Å². The predicted octanol–water partition coefficient (Wildman–Crippen LogP) is 3.45. The molecule has 0 aromatic rings. The summed E-state index contributed by atoms with van der Waals surface area (Å²) < 4.78 is 0. The number of carbonyl (C=O) groups excluding carboxylic acids is 1. The summed E-state index contributed by atoms with van der Waals surface area (Å²) in [5.74, 6) is 1.87. The summed E-state index contributed by atoms with van der Waals surface area (Å²) in [6.07, 6.45) is 9.68. The van der Waals surface area contributed by atoms with Crippen molar-refractivity contribution in [3.8, 4) is 0 Å². The van der Waals surface area contributed by atoms with Crippen molar-refractivity contribution in [1.29, 1.82) is 0 Å². The Kier molecular flexibility index (Phi) is 5.31. The summed E-state index contributed by atoms with van der Waals surface area (Å²) in [5, 5.41) is 0. The first-order chi connectivity index (χ1) is 6.79. The van der Waals surface area contributed by atoms with Crippen LogP contribution in [0.4, 0.5) is 0 Å². The molecule has 0 heterocycles. The van der Waals surface area contributed by atoms with Gasteiger partial charge in [-0.05, 0) is 43.3 Å². The van der Waals surface area contributed by atoms with Crippen molar-refractivity contribution in [2.45, 2.75) is 39.0 Å². The van der Waals surface area contributed by atoms with Crippen molar-refractivity contribution in [2.75, 3.05) is 12.0 Å². The summed E-state index contributed by atoms with van der Waals surface area (Å²) >= 11 is 1.83. The Morgan fingerprint density at radius 2 is 2.36 bits per heavy atom. The fourth-order valence-corrected chi connectivity index (χ4v) is 2.38. The van der Waals surface area contributed by atoms with Gasteiger partial charge in [0.2, 0.25) is 0 Å². The number of thioether (sulfide) groups is 1. The average Bonchev–Trinajstić information content (AvgIpc) is 2.54. The fourth-order valence-electron chi connectivity index (χ4n) is 1.86. The van der Waals surface area contributed by atoms with Gasteiger partial charge in [0.15, 0.2) is 5.78 Å². The highest BCUT2D eigenvalue weighted by atomic mass is 32.2. The van der Waals surface area contributed by atoms with Crippen LogP contribution in [0, 0.1) is 5.92 Å². The average molecular weight is 212 g/mol. The standard InChI is InChI=1S/C12H20OS/c1-3-4-5-10-6-7-11(12(10)13)8-9-14-2/h6,11H,3-5,7-9H2,1-2H3. The van der Waals surface area contributed by atoms with Gasteiger partial charge in [-0.1, -0.05) is 19.4 Å². The number of ketones is 1. The van der Waals surface area contributed by atoms with Crippen molar-refractivity contribution in [1.82, 2.24) is 0 Å². The summed E-state index contributed by atoms with van der Waals surface area (Å²) in [6, 6.07) is 0. The van der Waals surface area contributed by atoms with E-state index in [1.807, 2.05) is 11.8 Å². The SMILES string of the molecule is CCCCC1=CCC(CCSC)C1=O. The highest BCUT2D eigenvalue weighted by molar-refractivity contribution is 7.98. The molecule has 1 unspecified atom stereocenters. The van der Waals surface area contributed by atoms with Gasteiger partial charge in [-0.25, -0.2) is 0 Å². The second kappa shape index (κ2) is 6.28. The second-order valence-corrected chi connectivity index (χ2v) is 4.90. The van der Waals surface area contributed by atoms with Gasteiger partial charge in [0.25, 0.3) is 0 Å². The van der Waals surface area contributed by atoms with Crippen molar-refractivity contribution in [3.63, 3.8) is 0 Å². The molecule has 0 aliphatic heterocycles. The smallest absolute Gasteiger partial charge is 0.161 e. The van der Waals surface area contributed by atoms with Gasteiger partial charge < -0.3 is 0 Å². The monoisotopic (exact) mass is 212 g/mol. The number of unbranched alkanes of at least 4 members (excludes halogenated alkanes) is 1. The number of hydrogen-bond donors (Lipinski definition) is 0. The number of allylic oxidation sites excluding steroid dienone is 2. The number of carbonyl (C=O) groups is 1. The Morgan fingerprint density at radius 3 is 3.00 bits per heavy atom. The molecule has 0 amide bonds. The summed E-state index contributed by atoms with van der Waals surface area (Å²) in [5.41, 5.74) is 1.11. The van der Waals surface area contributed by atoms with E-state index < -0.39 is 0 Å². The second-order valence-electron chi connectivity index (χ2n) is 3.91. The van der Waals surface area contributed by atoms with E-state index in [2.05, 4.69) is 19.3 Å². The highest BCUT2D eigenvalue weighted by Crippen LogP contribution is 2.27. The van der Waals surface area contributed by atoms with Crippen LogP contribution in [0.3, 0.4) is 0 Å². The van der Waals surface area contributed by atoms with E-state index in [0.717, 1.165) is 37.0 Å².